The van der Waals surface area contributed by atoms with E-state index in [1.165, 1.54) is 36.6 Å². The molecule has 19 heavy (non-hydrogen) atoms. The molecule has 0 bridgehead atoms. The molecule has 0 fully saturated rings. The summed E-state index contributed by atoms with van der Waals surface area (Å²) in [4.78, 5) is 4.38. The van der Waals surface area contributed by atoms with Gasteiger partial charge in [-0.05, 0) is 36.7 Å². The van der Waals surface area contributed by atoms with E-state index in [2.05, 4.69) is 48.4 Å². The lowest BCUT2D eigenvalue weighted by Crippen LogP contribution is -2.20. The topological polar surface area (TPSA) is 24.9 Å². The summed E-state index contributed by atoms with van der Waals surface area (Å²) in [5, 5.41) is 4.84. The monoisotopic (exact) mass is 256 g/mol. The molecule has 1 aromatic heterocycles. The minimum absolute atomic E-state index is 0.473. The van der Waals surface area contributed by atoms with Crippen LogP contribution in [0.3, 0.4) is 0 Å². The SMILES string of the molecule is CCCCCC(NCC)c1ccc2ncccc2c1. The Balaban J connectivity index is 2.17. The van der Waals surface area contributed by atoms with Crippen molar-refractivity contribution in [2.45, 2.75) is 45.6 Å². The van der Waals surface area contributed by atoms with Crippen LogP contribution in [0.5, 0.6) is 0 Å². The lowest BCUT2D eigenvalue weighted by atomic mass is 9.99. The summed E-state index contributed by atoms with van der Waals surface area (Å²) in [6, 6.07) is 11.2. The summed E-state index contributed by atoms with van der Waals surface area (Å²) < 4.78 is 0. The third-order valence-corrected chi connectivity index (χ3v) is 3.58. The largest absolute Gasteiger partial charge is 0.310 e. The van der Waals surface area contributed by atoms with E-state index >= 15 is 0 Å². The van der Waals surface area contributed by atoms with E-state index in [9.17, 15) is 0 Å². The number of rotatable bonds is 7. The first-order valence-electron chi connectivity index (χ1n) is 7.43. The van der Waals surface area contributed by atoms with Crippen LogP contribution in [0.2, 0.25) is 0 Å². The van der Waals surface area contributed by atoms with Crippen molar-refractivity contribution < 1.29 is 0 Å². The highest BCUT2D eigenvalue weighted by Gasteiger charge is 2.10. The van der Waals surface area contributed by atoms with Crippen molar-refractivity contribution in [2.24, 2.45) is 0 Å². The highest BCUT2D eigenvalue weighted by atomic mass is 14.9. The minimum Gasteiger partial charge on any atom is -0.310 e. The van der Waals surface area contributed by atoms with Gasteiger partial charge in [-0.15, -0.1) is 0 Å². The number of hydrogen-bond acceptors (Lipinski definition) is 2. The van der Waals surface area contributed by atoms with Crippen LogP contribution in [0.1, 0.15) is 51.1 Å². The zero-order chi connectivity index (χ0) is 13.5. The highest BCUT2D eigenvalue weighted by Crippen LogP contribution is 2.23. The van der Waals surface area contributed by atoms with Crippen molar-refractivity contribution >= 4 is 10.9 Å². The van der Waals surface area contributed by atoms with Gasteiger partial charge < -0.3 is 5.32 Å². The second-order valence-corrected chi connectivity index (χ2v) is 5.06. The summed E-state index contributed by atoms with van der Waals surface area (Å²) in [7, 11) is 0. The van der Waals surface area contributed by atoms with Gasteiger partial charge >= 0.3 is 0 Å². The molecule has 0 saturated carbocycles. The molecule has 0 aliphatic carbocycles. The van der Waals surface area contributed by atoms with Crippen LogP contribution >= 0.6 is 0 Å². The number of hydrogen-bond donors (Lipinski definition) is 1. The van der Waals surface area contributed by atoms with Crippen molar-refractivity contribution in [1.29, 1.82) is 0 Å². The van der Waals surface area contributed by atoms with Gasteiger partial charge in [0.05, 0.1) is 5.52 Å². The molecule has 0 spiro atoms. The Morgan fingerprint density at radius 3 is 2.84 bits per heavy atom. The highest BCUT2D eigenvalue weighted by molar-refractivity contribution is 5.79. The third kappa shape index (κ3) is 3.77. The second-order valence-electron chi connectivity index (χ2n) is 5.06. The predicted octanol–water partition coefficient (Wildman–Crippen LogP) is 4.47. The average molecular weight is 256 g/mol. The van der Waals surface area contributed by atoms with Crippen LogP contribution in [0.25, 0.3) is 10.9 Å². The second kappa shape index (κ2) is 7.25. The van der Waals surface area contributed by atoms with Crippen LogP contribution in [-0.2, 0) is 0 Å². The van der Waals surface area contributed by atoms with Gasteiger partial charge in [-0.2, -0.15) is 0 Å². The number of nitrogens with zero attached hydrogens (tertiary/aromatic N) is 1. The summed E-state index contributed by atoms with van der Waals surface area (Å²) >= 11 is 0. The van der Waals surface area contributed by atoms with Crippen LogP contribution < -0.4 is 5.32 Å². The molecule has 0 aliphatic rings. The van der Waals surface area contributed by atoms with Crippen LogP contribution in [-0.4, -0.2) is 11.5 Å². The fourth-order valence-corrected chi connectivity index (χ4v) is 2.54. The van der Waals surface area contributed by atoms with Gasteiger partial charge in [-0.25, -0.2) is 0 Å². The maximum absolute atomic E-state index is 4.38. The van der Waals surface area contributed by atoms with Gasteiger partial charge in [-0.3, -0.25) is 4.98 Å². The molecule has 102 valence electrons. The molecule has 2 aromatic rings. The smallest absolute Gasteiger partial charge is 0.0702 e. The molecule has 0 amide bonds. The minimum atomic E-state index is 0.473. The molecule has 1 unspecified atom stereocenters. The number of unbranched alkanes of at least 4 members (excludes halogenated alkanes) is 2. The van der Waals surface area contributed by atoms with Crippen molar-refractivity contribution in [3.8, 4) is 0 Å². The van der Waals surface area contributed by atoms with Gasteiger partial charge in [0.15, 0.2) is 0 Å². The van der Waals surface area contributed by atoms with Crippen molar-refractivity contribution in [3.63, 3.8) is 0 Å². The first-order valence-corrected chi connectivity index (χ1v) is 7.43. The fourth-order valence-electron chi connectivity index (χ4n) is 2.54. The molecule has 1 aromatic carbocycles. The Bertz CT molecular complexity index is 507. The van der Waals surface area contributed by atoms with E-state index in [0.29, 0.717) is 6.04 Å². The summed E-state index contributed by atoms with van der Waals surface area (Å²) in [5.41, 5.74) is 2.47. The van der Waals surface area contributed by atoms with Gasteiger partial charge in [0.2, 0.25) is 0 Å². The number of fused-ring (bicyclic) bond motifs is 1. The zero-order valence-corrected chi connectivity index (χ0v) is 12.0. The third-order valence-electron chi connectivity index (χ3n) is 3.58. The molecule has 0 aliphatic heterocycles. The first-order chi connectivity index (χ1) is 9.35. The lowest BCUT2D eigenvalue weighted by Gasteiger charge is -2.18. The number of nitrogens with one attached hydrogen (secondary N) is 1. The average Bonchev–Trinajstić information content (AvgIpc) is 2.46. The maximum atomic E-state index is 4.38. The summed E-state index contributed by atoms with van der Waals surface area (Å²) in [5.74, 6) is 0. The molecule has 0 saturated heterocycles. The van der Waals surface area contributed by atoms with Gasteiger partial charge in [0, 0.05) is 17.6 Å². The summed E-state index contributed by atoms with van der Waals surface area (Å²) in [6.07, 6.45) is 6.95. The van der Waals surface area contributed by atoms with Crippen molar-refractivity contribution in [2.75, 3.05) is 6.54 Å². The van der Waals surface area contributed by atoms with Crippen LogP contribution in [0, 0.1) is 0 Å². The molecule has 0 radical (unpaired) electrons. The molecule has 1 heterocycles. The van der Waals surface area contributed by atoms with E-state index in [0.717, 1.165) is 12.1 Å². The Labute approximate surface area is 116 Å². The van der Waals surface area contributed by atoms with Crippen LogP contribution in [0.15, 0.2) is 36.5 Å². The lowest BCUT2D eigenvalue weighted by molar-refractivity contribution is 0.487. The van der Waals surface area contributed by atoms with Crippen molar-refractivity contribution in [3.05, 3.63) is 42.1 Å². The molecule has 1 atom stereocenters. The normalized spacial score (nSPS) is 12.7. The van der Waals surface area contributed by atoms with Crippen LogP contribution in [0.4, 0.5) is 0 Å². The van der Waals surface area contributed by atoms with E-state index < -0.39 is 0 Å². The van der Waals surface area contributed by atoms with Gasteiger partial charge in [-0.1, -0.05) is 45.2 Å². The van der Waals surface area contributed by atoms with E-state index in [4.69, 9.17) is 0 Å². The molecule has 2 nitrogen and oxygen atoms in total. The van der Waals surface area contributed by atoms with Gasteiger partial charge in [0.25, 0.3) is 0 Å². The van der Waals surface area contributed by atoms with Gasteiger partial charge in [0.1, 0.15) is 0 Å². The Morgan fingerprint density at radius 2 is 2.05 bits per heavy atom. The predicted molar refractivity (Wildman–Crippen MR) is 82.3 cm³/mol. The maximum Gasteiger partial charge on any atom is 0.0702 e. The molecule has 2 heteroatoms. The zero-order valence-electron chi connectivity index (χ0n) is 12.0. The number of benzene rings is 1. The number of pyridine rings is 1. The quantitative estimate of drug-likeness (QED) is 0.739. The van der Waals surface area contributed by atoms with E-state index in [1.54, 1.807) is 0 Å². The molecule has 1 N–H and O–H groups in total. The van der Waals surface area contributed by atoms with Crippen molar-refractivity contribution in [1.82, 2.24) is 10.3 Å². The molecular formula is C17H24N2. The standard InChI is InChI=1S/C17H24N2/c1-3-5-6-9-16(18-4-2)15-10-11-17-14(13-15)8-7-12-19-17/h7-8,10-13,16,18H,3-6,9H2,1-2H3. The summed E-state index contributed by atoms with van der Waals surface area (Å²) in [6.45, 7) is 5.45. The fraction of sp³-hybridized carbons (Fsp3) is 0.471. The molecule has 2 rings (SSSR count). The Morgan fingerprint density at radius 1 is 1.16 bits per heavy atom. The Kier molecular flexibility index (Phi) is 5.34. The Hall–Kier alpha value is -1.41. The van der Waals surface area contributed by atoms with E-state index in [-0.39, 0.29) is 0 Å². The molecular weight excluding hydrogens is 232 g/mol. The number of aromatic nitrogens is 1. The first kappa shape index (κ1) is 14.0. The van der Waals surface area contributed by atoms with E-state index in [1.807, 2.05) is 12.3 Å².